The van der Waals surface area contributed by atoms with Crippen LogP contribution < -0.4 is 5.63 Å². The van der Waals surface area contributed by atoms with Gasteiger partial charge >= 0.3 is 5.63 Å². The van der Waals surface area contributed by atoms with E-state index in [1.54, 1.807) is 24.3 Å². The molecule has 0 radical (unpaired) electrons. The molecule has 102 valence electrons. The molecule has 1 heterocycles. The third-order valence-corrected chi connectivity index (χ3v) is 3.69. The second kappa shape index (κ2) is 4.56. The molecule has 1 aliphatic carbocycles. The Morgan fingerprint density at radius 1 is 1.30 bits per heavy atom. The first-order valence-corrected chi connectivity index (χ1v) is 6.42. The Bertz CT molecular complexity index is 755. The lowest BCUT2D eigenvalue weighted by atomic mass is 9.97. The number of benzene rings is 1. The van der Waals surface area contributed by atoms with Gasteiger partial charge in [0.25, 0.3) is 0 Å². The molecule has 1 aromatic carbocycles. The Hall–Kier alpha value is -2.49. The lowest BCUT2D eigenvalue weighted by molar-refractivity contribution is 0.460. The van der Waals surface area contributed by atoms with E-state index in [1.807, 2.05) is 6.92 Å². The SMILES string of the molecule is CC1Cc2c(ccoc2=O)C1=C(O)c1ccccc1O. The van der Waals surface area contributed by atoms with E-state index in [9.17, 15) is 15.0 Å². The normalized spacial score (nSPS) is 19.8. The van der Waals surface area contributed by atoms with Gasteiger partial charge < -0.3 is 14.6 Å². The summed E-state index contributed by atoms with van der Waals surface area (Å²) in [5, 5.41) is 20.4. The number of para-hydroxylation sites is 1. The Balaban J connectivity index is 2.25. The van der Waals surface area contributed by atoms with Crippen molar-refractivity contribution in [2.75, 3.05) is 0 Å². The van der Waals surface area contributed by atoms with Gasteiger partial charge in [0.15, 0.2) is 0 Å². The number of aromatic hydroxyl groups is 1. The zero-order valence-electron chi connectivity index (χ0n) is 11.0. The monoisotopic (exact) mass is 270 g/mol. The summed E-state index contributed by atoms with van der Waals surface area (Å²) in [5.41, 5.74) is 1.96. The van der Waals surface area contributed by atoms with E-state index in [0.29, 0.717) is 28.7 Å². The van der Waals surface area contributed by atoms with Crippen molar-refractivity contribution < 1.29 is 14.6 Å². The van der Waals surface area contributed by atoms with E-state index in [1.165, 1.54) is 12.3 Å². The van der Waals surface area contributed by atoms with Crippen molar-refractivity contribution in [2.45, 2.75) is 13.3 Å². The van der Waals surface area contributed by atoms with Gasteiger partial charge in [-0.15, -0.1) is 0 Å². The van der Waals surface area contributed by atoms with Crippen LogP contribution in [0.1, 0.15) is 23.6 Å². The van der Waals surface area contributed by atoms with Crippen LogP contribution in [0.25, 0.3) is 11.3 Å². The number of hydrogen-bond acceptors (Lipinski definition) is 4. The van der Waals surface area contributed by atoms with Crippen molar-refractivity contribution in [3.05, 3.63) is 63.7 Å². The number of fused-ring (bicyclic) bond motifs is 1. The van der Waals surface area contributed by atoms with Crippen LogP contribution in [-0.4, -0.2) is 10.2 Å². The molecule has 1 atom stereocenters. The van der Waals surface area contributed by atoms with Crippen LogP contribution in [0.2, 0.25) is 0 Å². The minimum absolute atomic E-state index is 0.00472. The quantitative estimate of drug-likeness (QED) is 0.781. The second-order valence-corrected chi connectivity index (χ2v) is 4.98. The summed E-state index contributed by atoms with van der Waals surface area (Å²) in [5.74, 6) is 0.0240. The molecule has 0 amide bonds. The van der Waals surface area contributed by atoms with E-state index in [2.05, 4.69) is 0 Å². The highest BCUT2D eigenvalue weighted by atomic mass is 16.4. The van der Waals surface area contributed by atoms with Gasteiger partial charge in [0.1, 0.15) is 11.5 Å². The van der Waals surface area contributed by atoms with E-state index < -0.39 is 0 Å². The van der Waals surface area contributed by atoms with Gasteiger partial charge in [0, 0.05) is 11.1 Å². The minimum Gasteiger partial charge on any atom is -0.507 e. The molecule has 1 aliphatic rings. The summed E-state index contributed by atoms with van der Waals surface area (Å²) in [6, 6.07) is 8.29. The molecule has 0 saturated carbocycles. The van der Waals surface area contributed by atoms with Crippen molar-refractivity contribution in [1.82, 2.24) is 0 Å². The highest BCUT2D eigenvalue weighted by molar-refractivity contribution is 5.92. The summed E-state index contributed by atoms with van der Waals surface area (Å²) in [7, 11) is 0. The fourth-order valence-corrected chi connectivity index (χ4v) is 2.74. The van der Waals surface area contributed by atoms with Crippen LogP contribution >= 0.6 is 0 Å². The standard InChI is InChI=1S/C16H14O4/c1-9-8-12-10(6-7-20-16(12)19)14(9)15(18)11-4-2-3-5-13(11)17/h2-7,9,17-18H,8H2,1H3. The summed E-state index contributed by atoms with van der Waals surface area (Å²) in [6.07, 6.45) is 1.86. The number of aliphatic hydroxyl groups excluding tert-OH is 1. The van der Waals surface area contributed by atoms with E-state index in [0.717, 1.165) is 0 Å². The molecule has 1 aromatic heterocycles. The van der Waals surface area contributed by atoms with Crippen LogP contribution in [0.3, 0.4) is 0 Å². The number of allylic oxidation sites excluding steroid dienone is 1. The van der Waals surface area contributed by atoms with Crippen LogP contribution in [0, 0.1) is 5.92 Å². The highest BCUT2D eigenvalue weighted by Crippen LogP contribution is 2.40. The van der Waals surface area contributed by atoms with Crippen LogP contribution in [-0.2, 0) is 6.42 Å². The van der Waals surface area contributed by atoms with Crippen molar-refractivity contribution in [2.24, 2.45) is 5.92 Å². The fraction of sp³-hybridized carbons (Fsp3) is 0.188. The molecule has 2 N–H and O–H groups in total. The maximum atomic E-state index is 11.7. The number of phenols is 1. The Morgan fingerprint density at radius 3 is 2.80 bits per heavy atom. The molecule has 4 heteroatoms. The molecular weight excluding hydrogens is 256 g/mol. The fourth-order valence-electron chi connectivity index (χ4n) is 2.74. The zero-order valence-corrected chi connectivity index (χ0v) is 11.0. The lowest BCUT2D eigenvalue weighted by Crippen LogP contribution is -2.05. The Labute approximate surface area is 115 Å². The molecule has 3 rings (SSSR count). The molecular formula is C16H14O4. The lowest BCUT2D eigenvalue weighted by Gasteiger charge is -2.11. The van der Waals surface area contributed by atoms with Gasteiger partial charge in [-0.05, 0) is 36.1 Å². The predicted octanol–water partition coefficient (Wildman–Crippen LogP) is 2.96. The molecule has 0 saturated heterocycles. The van der Waals surface area contributed by atoms with Gasteiger partial charge in [-0.2, -0.15) is 0 Å². The van der Waals surface area contributed by atoms with Gasteiger partial charge in [0.2, 0.25) is 0 Å². The third kappa shape index (κ3) is 1.81. The number of rotatable bonds is 1. The molecule has 2 aromatic rings. The average molecular weight is 270 g/mol. The summed E-state index contributed by atoms with van der Waals surface area (Å²) < 4.78 is 4.87. The first kappa shape index (κ1) is 12.5. The summed E-state index contributed by atoms with van der Waals surface area (Å²) in [6.45, 7) is 1.94. The van der Waals surface area contributed by atoms with Crippen LogP contribution in [0.15, 0.2) is 45.8 Å². The Kier molecular flexibility index (Phi) is 2.86. The van der Waals surface area contributed by atoms with Gasteiger partial charge in [-0.1, -0.05) is 19.1 Å². The number of aliphatic hydroxyl groups is 1. The van der Waals surface area contributed by atoms with Gasteiger partial charge in [0.05, 0.1) is 11.8 Å². The summed E-state index contributed by atoms with van der Waals surface area (Å²) in [4.78, 5) is 11.7. The van der Waals surface area contributed by atoms with Gasteiger partial charge in [-0.25, -0.2) is 4.79 Å². The largest absolute Gasteiger partial charge is 0.507 e. The van der Waals surface area contributed by atoms with Crippen molar-refractivity contribution >= 4 is 11.3 Å². The first-order valence-electron chi connectivity index (χ1n) is 6.42. The van der Waals surface area contributed by atoms with Crippen molar-refractivity contribution in [3.8, 4) is 5.75 Å². The van der Waals surface area contributed by atoms with Crippen molar-refractivity contribution in [3.63, 3.8) is 0 Å². The first-order chi connectivity index (χ1) is 9.59. The molecule has 0 bridgehead atoms. The molecule has 4 nitrogen and oxygen atoms in total. The highest BCUT2D eigenvalue weighted by Gasteiger charge is 2.30. The number of hydrogen-bond donors (Lipinski definition) is 2. The molecule has 0 aliphatic heterocycles. The predicted molar refractivity (Wildman–Crippen MR) is 75.4 cm³/mol. The average Bonchev–Trinajstić information content (AvgIpc) is 2.76. The van der Waals surface area contributed by atoms with E-state index in [-0.39, 0.29) is 23.1 Å². The Morgan fingerprint density at radius 2 is 2.05 bits per heavy atom. The summed E-state index contributed by atoms with van der Waals surface area (Å²) >= 11 is 0. The third-order valence-electron chi connectivity index (χ3n) is 3.69. The molecule has 0 fully saturated rings. The molecule has 20 heavy (non-hydrogen) atoms. The van der Waals surface area contributed by atoms with E-state index in [4.69, 9.17) is 4.42 Å². The van der Waals surface area contributed by atoms with E-state index >= 15 is 0 Å². The maximum Gasteiger partial charge on any atom is 0.339 e. The smallest absolute Gasteiger partial charge is 0.339 e. The zero-order chi connectivity index (χ0) is 14.3. The minimum atomic E-state index is -0.366. The second-order valence-electron chi connectivity index (χ2n) is 4.98. The molecule has 0 spiro atoms. The number of phenolic OH excluding ortho intramolecular Hbond substituents is 1. The van der Waals surface area contributed by atoms with Gasteiger partial charge in [-0.3, -0.25) is 0 Å². The van der Waals surface area contributed by atoms with Crippen LogP contribution in [0.4, 0.5) is 0 Å². The topological polar surface area (TPSA) is 70.7 Å². The molecule has 1 unspecified atom stereocenters. The van der Waals surface area contributed by atoms with Crippen LogP contribution in [0.5, 0.6) is 5.75 Å². The maximum absolute atomic E-state index is 11.7. The van der Waals surface area contributed by atoms with Crippen molar-refractivity contribution in [1.29, 1.82) is 0 Å².